The molecule has 2 aliphatic rings. The van der Waals surface area contributed by atoms with Crippen molar-refractivity contribution < 1.29 is 29.2 Å². The van der Waals surface area contributed by atoms with E-state index >= 15 is 0 Å². The molecule has 4 rings (SSSR count). The smallest absolute Gasteiger partial charge is 0.253 e. The van der Waals surface area contributed by atoms with Crippen molar-refractivity contribution in [2.24, 2.45) is 0 Å². The second-order valence-corrected chi connectivity index (χ2v) is 9.68. The molecule has 2 fully saturated rings. The summed E-state index contributed by atoms with van der Waals surface area (Å²) in [5.74, 6) is -0.944. The van der Waals surface area contributed by atoms with E-state index in [0.717, 1.165) is 6.07 Å². The molecule has 0 radical (unpaired) electrons. The van der Waals surface area contributed by atoms with Crippen LogP contribution in [0.5, 0.6) is 0 Å². The molecule has 9 heteroatoms. The Kier molecular flexibility index (Phi) is 6.98. The van der Waals surface area contributed by atoms with Gasteiger partial charge in [-0.2, -0.15) is 0 Å². The second kappa shape index (κ2) is 9.64. The minimum absolute atomic E-state index is 0. The van der Waals surface area contributed by atoms with E-state index in [0.29, 0.717) is 44.7 Å². The normalized spacial score (nSPS) is 21.3. The lowest BCUT2D eigenvalue weighted by molar-refractivity contribution is -0.181. The number of ether oxygens (including phenoxy) is 1. The van der Waals surface area contributed by atoms with E-state index in [4.69, 9.17) is 4.74 Å². The molecule has 0 bridgehead atoms. The van der Waals surface area contributed by atoms with Crippen LogP contribution in [-0.4, -0.2) is 70.5 Å². The Morgan fingerprint density at radius 1 is 1.29 bits per heavy atom. The predicted molar refractivity (Wildman–Crippen MR) is 122 cm³/mol. The molecule has 1 atom stereocenters. The highest BCUT2D eigenvalue weighted by atomic mass is 19.3. The van der Waals surface area contributed by atoms with Gasteiger partial charge in [-0.1, -0.05) is 12.1 Å². The van der Waals surface area contributed by atoms with Gasteiger partial charge in [0, 0.05) is 44.9 Å². The Morgan fingerprint density at radius 3 is 2.62 bits per heavy atom. The molecular weight excluding hydrogens is 447 g/mol. The van der Waals surface area contributed by atoms with Gasteiger partial charge in [0.15, 0.2) is 0 Å². The first kappa shape index (κ1) is 24.6. The van der Waals surface area contributed by atoms with Crippen LogP contribution in [0, 0.1) is 5.82 Å². The maximum absolute atomic E-state index is 14.5. The zero-order valence-electron chi connectivity index (χ0n) is 19.4. The zero-order chi connectivity index (χ0) is 24.5. The molecule has 0 aliphatic carbocycles. The average molecular weight is 480 g/mol. The second-order valence-electron chi connectivity index (χ2n) is 9.68. The van der Waals surface area contributed by atoms with E-state index in [1.165, 1.54) is 26.0 Å². The fourth-order valence-electron chi connectivity index (χ4n) is 4.86. The van der Waals surface area contributed by atoms with Gasteiger partial charge in [-0.05, 0) is 51.0 Å². The van der Waals surface area contributed by atoms with Crippen LogP contribution in [0.2, 0.25) is 0 Å². The molecule has 34 heavy (non-hydrogen) atoms. The predicted octanol–water partition coefficient (Wildman–Crippen LogP) is 4.01. The highest BCUT2D eigenvalue weighted by Crippen LogP contribution is 2.38. The van der Waals surface area contributed by atoms with Crippen LogP contribution in [0.4, 0.5) is 13.2 Å². The minimum Gasteiger partial charge on any atom is -0.386 e. The maximum atomic E-state index is 14.5. The van der Waals surface area contributed by atoms with Gasteiger partial charge in [0.25, 0.3) is 12.3 Å². The Morgan fingerprint density at radius 2 is 2.03 bits per heavy atom. The number of pyridine rings is 1. The number of benzene rings is 1. The average Bonchev–Trinajstić information content (AvgIpc) is 2.78. The summed E-state index contributed by atoms with van der Waals surface area (Å²) in [5.41, 5.74) is -0.993. The highest BCUT2D eigenvalue weighted by Gasteiger charge is 2.45. The Bertz CT molecular complexity index is 1010. The number of likely N-dealkylation sites (tertiary alicyclic amines) is 1. The van der Waals surface area contributed by atoms with Crippen molar-refractivity contribution >= 4 is 5.91 Å². The van der Waals surface area contributed by atoms with Crippen molar-refractivity contribution in [3.8, 4) is 0 Å². The first-order chi connectivity index (χ1) is 16.1. The molecule has 1 N–H and O–H groups in total. The van der Waals surface area contributed by atoms with Crippen molar-refractivity contribution in [1.82, 2.24) is 14.8 Å². The first-order valence-electron chi connectivity index (χ1n) is 11.5. The molecule has 2 aromatic rings. The fourth-order valence-corrected chi connectivity index (χ4v) is 4.86. The minimum atomic E-state index is -2.46. The van der Waals surface area contributed by atoms with Gasteiger partial charge >= 0.3 is 0 Å². The van der Waals surface area contributed by atoms with E-state index < -0.39 is 29.5 Å². The number of nitrogens with zero attached hydrogens (tertiary/aromatic N) is 3. The third-order valence-corrected chi connectivity index (χ3v) is 6.58. The molecule has 6 nitrogen and oxygen atoms in total. The van der Waals surface area contributed by atoms with E-state index in [2.05, 4.69) is 4.98 Å². The molecule has 1 aromatic heterocycles. The molecule has 3 heterocycles. The largest absolute Gasteiger partial charge is 0.386 e. The number of hydrogen-bond acceptors (Lipinski definition) is 5. The molecule has 2 saturated heterocycles. The van der Waals surface area contributed by atoms with Gasteiger partial charge in [-0.15, -0.1) is 0 Å². The summed E-state index contributed by atoms with van der Waals surface area (Å²) in [4.78, 5) is 20.7. The SMILES string of the molecule is CC(C)(O)c1ccc(C(=O)N2CCC3(CC2)CN(CC(F)F)CC(c2ccccn2)O3)cc1F.[HH]. The number of carbonyl (C=O) groups is 1. The number of hydrogen-bond donors (Lipinski definition) is 1. The van der Waals surface area contributed by atoms with E-state index in [1.807, 2.05) is 12.1 Å². The Balaban J connectivity index is 0.00000342. The summed E-state index contributed by atoms with van der Waals surface area (Å²) < 4.78 is 47.3. The zero-order valence-corrected chi connectivity index (χ0v) is 19.4. The van der Waals surface area contributed by atoms with Crippen LogP contribution in [-0.2, 0) is 10.3 Å². The van der Waals surface area contributed by atoms with Gasteiger partial charge in [0.2, 0.25) is 0 Å². The van der Waals surface area contributed by atoms with Crippen molar-refractivity contribution in [3.63, 3.8) is 0 Å². The first-order valence-corrected chi connectivity index (χ1v) is 11.5. The number of amides is 1. The van der Waals surface area contributed by atoms with Crippen LogP contribution in [0.3, 0.4) is 0 Å². The quantitative estimate of drug-likeness (QED) is 0.702. The molecular formula is C25H32F3N3O3. The van der Waals surface area contributed by atoms with E-state index in [9.17, 15) is 23.1 Å². The summed E-state index contributed by atoms with van der Waals surface area (Å²) in [6.07, 6.45) is -0.276. The maximum Gasteiger partial charge on any atom is 0.253 e. The van der Waals surface area contributed by atoms with Gasteiger partial charge < -0.3 is 14.7 Å². The molecule has 1 unspecified atom stereocenters. The number of aromatic nitrogens is 1. The van der Waals surface area contributed by atoms with Crippen LogP contribution < -0.4 is 0 Å². The van der Waals surface area contributed by atoms with Crippen LogP contribution in [0.15, 0.2) is 42.6 Å². The summed E-state index contributed by atoms with van der Waals surface area (Å²) >= 11 is 0. The van der Waals surface area contributed by atoms with Crippen molar-refractivity contribution in [3.05, 3.63) is 65.2 Å². The number of halogens is 3. The van der Waals surface area contributed by atoms with Crippen LogP contribution in [0.1, 0.15) is 55.8 Å². The van der Waals surface area contributed by atoms with Gasteiger partial charge in [0.05, 0.1) is 23.4 Å². The molecule has 186 valence electrons. The standard InChI is InChI=1S/C25H30F3N3O3.H2/c1-24(2,33)18-7-6-17(13-19(18)26)23(32)31-11-8-25(9-12-31)16-30(15-22(27)28)14-21(34-25)20-5-3-4-10-29-20;/h3-7,10,13,21-22,33H,8-9,11-12,14-16H2,1-2H3;1H. The summed E-state index contributed by atoms with van der Waals surface area (Å²) in [7, 11) is 0. The number of morpholine rings is 1. The lowest BCUT2D eigenvalue weighted by Crippen LogP contribution is -2.58. The third-order valence-electron chi connectivity index (χ3n) is 6.58. The number of alkyl halides is 2. The Labute approximate surface area is 198 Å². The number of piperidine rings is 1. The topological polar surface area (TPSA) is 65.9 Å². The molecule has 1 spiro atoms. The summed E-state index contributed by atoms with van der Waals surface area (Å²) in [6, 6.07) is 9.56. The number of aliphatic hydroxyl groups is 1. The molecule has 1 aromatic carbocycles. The lowest BCUT2D eigenvalue weighted by atomic mass is 9.87. The van der Waals surface area contributed by atoms with Gasteiger partial charge in [-0.25, -0.2) is 13.2 Å². The van der Waals surface area contributed by atoms with Gasteiger partial charge in [0.1, 0.15) is 11.9 Å². The van der Waals surface area contributed by atoms with Crippen LogP contribution in [0.25, 0.3) is 0 Å². The fraction of sp³-hybridized carbons (Fsp3) is 0.520. The van der Waals surface area contributed by atoms with Crippen molar-refractivity contribution in [1.29, 1.82) is 0 Å². The van der Waals surface area contributed by atoms with E-state index in [1.54, 1.807) is 22.1 Å². The van der Waals surface area contributed by atoms with Crippen molar-refractivity contribution in [2.45, 2.75) is 50.4 Å². The third kappa shape index (κ3) is 5.42. The molecule has 1 amide bonds. The molecule has 0 saturated carbocycles. The number of rotatable bonds is 5. The lowest BCUT2D eigenvalue weighted by Gasteiger charge is -2.49. The highest BCUT2D eigenvalue weighted by molar-refractivity contribution is 5.94. The summed E-state index contributed by atoms with van der Waals surface area (Å²) in [5, 5.41) is 10.1. The Hall–Kier alpha value is -2.49. The van der Waals surface area contributed by atoms with Crippen LogP contribution >= 0.6 is 0 Å². The van der Waals surface area contributed by atoms with E-state index in [-0.39, 0.29) is 25.0 Å². The van der Waals surface area contributed by atoms with Crippen molar-refractivity contribution in [2.75, 3.05) is 32.7 Å². The van der Waals surface area contributed by atoms with Gasteiger partial charge in [-0.3, -0.25) is 14.7 Å². The number of carbonyl (C=O) groups excluding carboxylic acids is 1. The monoisotopic (exact) mass is 479 g/mol. The summed E-state index contributed by atoms with van der Waals surface area (Å²) in [6.45, 7) is 4.05. The molecule has 2 aliphatic heterocycles.